The molecule has 4 rings (SSSR count). The Morgan fingerprint density at radius 2 is 1.97 bits per heavy atom. The van der Waals surface area contributed by atoms with Crippen LogP contribution in [0.25, 0.3) is 10.9 Å². The fraction of sp³-hybridized carbons (Fsp3) is 0.182. The number of benzene rings is 1. The maximum Gasteiger partial charge on any atom is 0.268 e. The molecule has 0 spiro atoms. The second-order valence-electron chi connectivity index (χ2n) is 7.05. The Morgan fingerprint density at radius 1 is 1.13 bits per heavy atom. The van der Waals surface area contributed by atoms with Crippen molar-refractivity contribution >= 4 is 34.1 Å². The van der Waals surface area contributed by atoms with E-state index in [1.54, 1.807) is 36.7 Å². The first-order valence-electron chi connectivity index (χ1n) is 9.39. The third-order valence-electron chi connectivity index (χ3n) is 4.83. The molecule has 30 heavy (non-hydrogen) atoms. The molecule has 4 aromatic rings. The number of nitrogens with one attached hydrogen (secondary N) is 1. The Labute approximate surface area is 178 Å². The highest BCUT2D eigenvalue weighted by Crippen LogP contribution is 2.20. The molecule has 0 saturated carbocycles. The minimum Gasteiger partial charge on any atom is -0.437 e. The minimum atomic E-state index is -0.294. The number of hydrogen-bond acceptors (Lipinski definition) is 7. The van der Waals surface area contributed by atoms with Crippen molar-refractivity contribution < 1.29 is 9.21 Å². The number of ketones is 1. The van der Waals surface area contributed by atoms with E-state index in [0.29, 0.717) is 35.3 Å². The number of aryl methyl sites for hydroxylation is 2. The van der Waals surface area contributed by atoms with Gasteiger partial charge < -0.3 is 15.5 Å². The van der Waals surface area contributed by atoms with Gasteiger partial charge in [0, 0.05) is 29.4 Å². The number of oxazole rings is 1. The number of hydrogen-bond donors (Lipinski definition) is 2. The molecule has 0 amide bonds. The van der Waals surface area contributed by atoms with E-state index in [9.17, 15) is 4.79 Å². The molecule has 0 fully saturated rings. The van der Waals surface area contributed by atoms with E-state index in [0.717, 1.165) is 27.7 Å². The largest absolute Gasteiger partial charge is 0.437 e. The van der Waals surface area contributed by atoms with Crippen LogP contribution in [0.5, 0.6) is 0 Å². The Balaban J connectivity index is 1.44. The normalized spacial score (nSPS) is 11.2. The topological polar surface area (TPSA) is 107 Å². The van der Waals surface area contributed by atoms with E-state index in [1.165, 1.54) is 0 Å². The number of fused-ring (bicyclic) bond motifs is 1. The fourth-order valence-corrected chi connectivity index (χ4v) is 3.50. The predicted molar refractivity (Wildman–Crippen MR) is 115 cm³/mol. The summed E-state index contributed by atoms with van der Waals surface area (Å²) in [6, 6.07) is 8.82. The SMILES string of the molecule is Cc1cc(N)nc(C)c1CNCc1cnc(C(=O)c2ccc3ncc(Cl)cc3c2)o1. The molecule has 0 saturated heterocycles. The number of nitrogens with two attached hydrogens (primary N) is 1. The molecule has 0 aliphatic heterocycles. The Hall–Kier alpha value is -3.29. The van der Waals surface area contributed by atoms with Crippen LogP contribution in [0.15, 0.2) is 47.1 Å². The van der Waals surface area contributed by atoms with Gasteiger partial charge in [-0.1, -0.05) is 11.6 Å². The van der Waals surface area contributed by atoms with Crippen molar-refractivity contribution in [2.45, 2.75) is 26.9 Å². The van der Waals surface area contributed by atoms with Gasteiger partial charge in [0.15, 0.2) is 0 Å². The zero-order chi connectivity index (χ0) is 21.3. The number of nitrogens with zero attached hydrogens (tertiary/aromatic N) is 3. The number of carbonyl (C=O) groups is 1. The Kier molecular flexibility index (Phi) is 5.48. The molecule has 0 radical (unpaired) electrons. The van der Waals surface area contributed by atoms with E-state index in [2.05, 4.69) is 20.3 Å². The highest BCUT2D eigenvalue weighted by molar-refractivity contribution is 6.31. The predicted octanol–water partition coefficient (Wildman–Crippen LogP) is 3.99. The smallest absolute Gasteiger partial charge is 0.268 e. The average Bonchev–Trinajstić information content (AvgIpc) is 3.17. The number of pyridine rings is 2. The van der Waals surface area contributed by atoms with Crippen LogP contribution >= 0.6 is 11.6 Å². The number of anilines is 1. The van der Waals surface area contributed by atoms with Crippen LogP contribution in [0.2, 0.25) is 5.02 Å². The van der Waals surface area contributed by atoms with Crippen molar-refractivity contribution in [1.29, 1.82) is 0 Å². The van der Waals surface area contributed by atoms with E-state index in [-0.39, 0.29) is 11.7 Å². The maximum atomic E-state index is 12.8. The summed E-state index contributed by atoms with van der Waals surface area (Å²) in [5.41, 5.74) is 10.0. The minimum absolute atomic E-state index is 0.0441. The van der Waals surface area contributed by atoms with Crippen LogP contribution in [-0.4, -0.2) is 20.7 Å². The highest BCUT2D eigenvalue weighted by Gasteiger charge is 2.16. The first-order chi connectivity index (χ1) is 14.4. The van der Waals surface area contributed by atoms with Gasteiger partial charge in [-0.2, -0.15) is 0 Å². The summed E-state index contributed by atoms with van der Waals surface area (Å²) in [4.78, 5) is 25.4. The number of nitrogen functional groups attached to an aromatic ring is 1. The van der Waals surface area contributed by atoms with Gasteiger partial charge in [0.1, 0.15) is 11.6 Å². The third-order valence-corrected chi connectivity index (χ3v) is 5.04. The molecular weight excluding hydrogens is 402 g/mol. The number of rotatable bonds is 6. The van der Waals surface area contributed by atoms with Crippen molar-refractivity contribution in [3.63, 3.8) is 0 Å². The van der Waals surface area contributed by atoms with Gasteiger partial charge in [0.2, 0.25) is 5.78 Å². The van der Waals surface area contributed by atoms with Crippen molar-refractivity contribution in [2.75, 3.05) is 5.73 Å². The molecule has 0 unspecified atom stereocenters. The molecule has 1 aromatic carbocycles. The van der Waals surface area contributed by atoms with Crippen LogP contribution in [0.4, 0.5) is 5.82 Å². The number of halogens is 1. The van der Waals surface area contributed by atoms with Crippen molar-refractivity contribution in [2.24, 2.45) is 0 Å². The lowest BCUT2D eigenvalue weighted by atomic mass is 10.1. The standard InChI is InChI=1S/C22H20ClN5O2/c1-12-5-20(24)28-13(2)18(12)11-25-9-17-10-27-22(30-17)21(29)14-3-4-19-15(6-14)7-16(23)8-26-19/h3-8,10,25H,9,11H2,1-2H3,(H2,24,28). The van der Waals surface area contributed by atoms with Crippen LogP contribution < -0.4 is 11.1 Å². The van der Waals surface area contributed by atoms with Crippen molar-refractivity contribution in [1.82, 2.24) is 20.3 Å². The molecule has 3 aromatic heterocycles. The molecule has 0 atom stereocenters. The van der Waals surface area contributed by atoms with Crippen molar-refractivity contribution in [3.05, 3.63) is 81.8 Å². The summed E-state index contributed by atoms with van der Waals surface area (Å²) in [5, 5.41) is 4.59. The van der Waals surface area contributed by atoms with Crippen LogP contribution in [0.1, 0.15) is 38.8 Å². The highest BCUT2D eigenvalue weighted by atomic mass is 35.5. The van der Waals surface area contributed by atoms with Gasteiger partial charge in [0.05, 0.1) is 23.3 Å². The van der Waals surface area contributed by atoms with Gasteiger partial charge in [-0.3, -0.25) is 9.78 Å². The summed E-state index contributed by atoms with van der Waals surface area (Å²) in [6.45, 7) is 4.96. The molecule has 8 heteroatoms. The van der Waals surface area contributed by atoms with Gasteiger partial charge >= 0.3 is 0 Å². The van der Waals surface area contributed by atoms with Gasteiger partial charge in [-0.15, -0.1) is 0 Å². The lowest BCUT2D eigenvalue weighted by Crippen LogP contribution is -2.15. The molecule has 0 bridgehead atoms. The Morgan fingerprint density at radius 3 is 2.77 bits per heavy atom. The monoisotopic (exact) mass is 421 g/mol. The van der Waals surface area contributed by atoms with Gasteiger partial charge in [-0.25, -0.2) is 9.97 Å². The molecule has 7 nitrogen and oxygen atoms in total. The molecule has 3 N–H and O–H groups in total. The van der Waals surface area contributed by atoms with Crippen LogP contribution in [0, 0.1) is 13.8 Å². The summed E-state index contributed by atoms with van der Waals surface area (Å²) in [6.07, 6.45) is 3.13. The van der Waals surface area contributed by atoms with Gasteiger partial charge in [-0.05, 0) is 55.3 Å². The Bertz CT molecular complexity index is 1230. The summed E-state index contributed by atoms with van der Waals surface area (Å²) in [7, 11) is 0. The van der Waals surface area contributed by atoms with Crippen LogP contribution in [-0.2, 0) is 13.1 Å². The summed E-state index contributed by atoms with van der Waals surface area (Å²) in [5.74, 6) is 0.835. The lowest BCUT2D eigenvalue weighted by Gasteiger charge is -2.10. The third kappa shape index (κ3) is 4.17. The molecular formula is C22H20ClN5O2. The van der Waals surface area contributed by atoms with E-state index < -0.39 is 0 Å². The zero-order valence-corrected chi connectivity index (χ0v) is 17.3. The quantitative estimate of drug-likeness (QED) is 0.453. The first kappa shape index (κ1) is 20.0. The fourth-order valence-electron chi connectivity index (χ4n) is 3.33. The van der Waals surface area contributed by atoms with E-state index in [1.807, 2.05) is 19.9 Å². The zero-order valence-electron chi connectivity index (χ0n) is 16.6. The molecule has 3 heterocycles. The maximum absolute atomic E-state index is 12.8. The average molecular weight is 422 g/mol. The van der Waals surface area contributed by atoms with Gasteiger partial charge in [0.25, 0.3) is 5.89 Å². The second-order valence-corrected chi connectivity index (χ2v) is 7.49. The van der Waals surface area contributed by atoms with E-state index in [4.69, 9.17) is 21.8 Å². The molecule has 152 valence electrons. The number of carbonyl (C=O) groups excluding carboxylic acids is 1. The number of aromatic nitrogens is 3. The second kappa shape index (κ2) is 8.22. The molecule has 0 aliphatic carbocycles. The first-order valence-corrected chi connectivity index (χ1v) is 9.76. The van der Waals surface area contributed by atoms with Crippen molar-refractivity contribution in [3.8, 4) is 0 Å². The van der Waals surface area contributed by atoms with E-state index >= 15 is 0 Å². The molecule has 0 aliphatic rings. The summed E-state index contributed by atoms with van der Waals surface area (Å²) >= 11 is 6.00. The summed E-state index contributed by atoms with van der Waals surface area (Å²) < 4.78 is 5.65. The van der Waals surface area contributed by atoms with Crippen LogP contribution in [0.3, 0.4) is 0 Å². The lowest BCUT2D eigenvalue weighted by molar-refractivity contribution is 0.100.